The summed E-state index contributed by atoms with van der Waals surface area (Å²) >= 11 is 0. The molecule has 0 amide bonds. The predicted octanol–water partition coefficient (Wildman–Crippen LogP) is 6.33. The first-order valence-corrected chi connectivity index (χ1v) is 6.80. The number of hydrogen-bond acceptors (Lipinski definition) is 0. The van der Waals surface area contributed by atoms with Crippen molar-refractivity contribution in [1.29, 1.82) is 0 Å². The molecule has 0 aromatic heterocycles. The minimum Gasteiger partial charge on any atom is -0.0776 e. The summed E-state index contributed by atoms with van der Waals surface area (Å²) in [6.07, 6.45) is 3.83. The molecular formula is C17H34. The minimum atomic E-state index is 0. The molecule has 0 N–H and O–H groups in total. The summed E-state index contributed by atoms with van der Waals surface area (Å²) in [6, 6.07) is 6.74. The van der Waals surface area contributed by atoms with Gasteiger partial charge in [0.15, 0.2) is 0 Å². The summed E-state index contributed by atoms with van der Waals surface area (Å²) in [7, 11) is 0. The molecule has 0 unspecified atom stereocenters. The van der Waals surface area contributed by atoms with Crippen LogP contribution in [0.15, 0.2) is 18.2 Å². The van der Waals surface area contributed by atoms with E-state index in [-0.39, 0.29) is 7.43 Å². The maximum atomic E-state index is 2.27. The van der Waals surface area contributed by atoms with Crippen molar-refractivity contribution in [3.63, 3.8) is 0 Å². The Bertz CT molecular complexity index is 248. The number of aryl methyl sites for hydroxylation is 3. The highest BCUT2D eigenvalue weighted by Crippen LogP contribution is 2.12. The van der Waals surface area contributed by atoms with Crippen LogP contribution in [0.25, 0.3) is 0 Å². The molecule has 0 heteroatoms. The van der Waals surface area contributed by atoms with Gasteiger partial charge in [-0.05, 0) is 37.8 Å². The van der Waals surface area contributed by atoms with Gasteiger partial charge in [-0.2, -0.15) is 0 Å². The van der Waals surface area contributed by atoms with Crippen LogP contribution in [0.1, 0.15) is 71.6 Å². The van der Waals surface area contributed by atoms with Crippen molar-refractivity contribution in [3.05, 3.63) is 34.9 Å². The maximum Gasteiger partial charge on any atom is -0.0276 e. The molecule has 1 aromatic rings. The lowest BCUT2D eigenvalue weighted by Gasteiger charge is -2.05. The average Bonchev–Trinajstić information content (AvgIpc) is 2.33. The average molecular weight is 238 g/mol. The van der Waals surface area contributed by atoms with Gasteiger partial charge in [-0.25, -0.2) is 0 Å². The fourth-order valence-electron chi connectivity index (χ4n) is 1.49. The van der Waals surface area contributed by atoms with Crippen molar-refractivity contribution in [2.75, 3.05) is 0 Å². The van der Waals surface area contributed by atoms with Crippen LogP contribution in [0.2, 0.25) is 0 Å². The molecule has 0 aliphatic carbocycles. The highest BCUT2D eigenvalue weighted by atomic mass is 14.0. The molecule has 0 nitrogen and oxygen atoms in total. The highest BCUT2D eigenvalue weighted by molar-refractivity contribution is 5.30. The Hall–Kier alpha value is -0.780. The molecule has 0 radical (unpaired) electrons. The van der Waals surface area contributed by atoms with Crippen LogP contribution >= 0.6 is 0 Å². The van der Waals surface area contributed by atoms with Gasteiger partial charge in [0.25, 0.3) is 0 Å². The second-order valence-electron chi connectivity index (χ2n) is 3.53. The summed E-state index contributed by atoms with van der Waals surface area (Å²) in [5, 5.41) is 0. The molecule has 102 valence electrons. The first-order chi connectivity index (χ1) is 7.74. The molecule has 0 aliphatic rings. The lowest BCUT2D eigenvalue weighted by Crippen LogP contribution is -1.89. The third kappa shape index (κ3) is 10.1. The smallest absolute Gasteiger partial charge is 0.0276 e. The third-order valence-electron chi connectivity index (χ3n) is 2.30. The fraction of sp³-hybridized carbons (Fsp3) is 0.647. The van der Waals surface area contributed by atoms with Crippen LogP contribution in [0.5, 0.6) is 0 Å². The van der Waals surface area contributed by atoms with E-state index in [2.05, 4.69) is 39.0 Å². The lowest BCUT2D eigenvalue weighted by atomic mass is 10.0. The van der Waals surface area contributed by atoms with Gasteiger partial charge in [0, 0.05) is 0 Å². The Balaban J connectivity index is -0.000000355. The van der Waals surface area contributed by atoms with Gasteiger partial charge >= 0.3 is 0 Å². The Morgan fingerprint density at radius 2 is 1.47 bits per heavy atom. The quantitative estimate of drug-likeness (QED) is 0.577. The van der Waals surface area contributed by atoms with Crippen LogP contribution in [0.3, 0.4) is 0 Å². The first-order valence-electron chi connectivity index (χ1n) is 6.80. The monoisotopic (exact) mass is 238 g/mol. The van der Waals surface area contributed by atoms with Crippen molar-refractivity contribution in [2.45, 2.75) is 75.2 Å². The van der Waals surface area contributed by atoms with E-state index in [0.717, 1.165) is 0 Å². The van der Waals surface area contributed by atoms with Gasteiger partial charge in [-0.1, -0.05) is 72.2 Å². The molecule has 0 fully saturated rings. The molecule has 0 saturated carbocycles. The molecule has 0 saturated heterocycles. The number of unbranched alkanes of at least 4 members (excludes halogenated alkanes) is 1. The Kier molecular flexibility index (Phi) is 19.2. The van der Waals surface area contributed by atoms with Crippen molar-refractivity contribution in [3.8, 4) is 0 Å². The van der Waals surface area contributed by atoms with E-state index in [1.807, 2.05) is 27.7 Å². The van der Waals surface area contributed by atoms with E-state index in [4.69, 9.17) is 0 Å². The molecule has 0 atom stereocenters. The molecule has 0 bridgehead atoms. The zero-order chi connectivity index (χ0) is 13.0. The summed E-state index contributed by atoms with van der Waals surface area (Å²) < 4.78 is 0. The van der Waals surface area contributed by atoms with Crippen molar-refractivity contribution in [1.82, 2.24) is 0 Å². The fourth-order valence-corrected chi connectivity index (χ4v) is 1.49. The zero-order valence-electron chi connectivity index (χ0n) is 12.4. The van der Waals surface area contributed by atoms with E-state index < -0.39 is 0 Å². The van der Waals surface area contributed by atoms with Gasteiger partial charge in [0.05, 0.1) is 0 Å². The largest absolute Gasteiger partial charge is 0.0776 e. The second-order valence-corrected chi connectivity index (χ2v) is 3.53. The molecule has 0 heterocycles. The van der Waals surface area contributed by atoms with Crippen molar-refractivity contribution >= 4 is 0 Å². The van der Waals surface area contributed by atoms with E-state index in [0.29, 0.717) is 0 Å². The van der Waals surface area contributed by atoms with E-state index in [1.165, 1.54) is 36.0 Å². The third-order valence-corrected chi connectivity index (χ3v) is 2.30. The summed E-state index contributed by atoms with van der Waals surface area (Å²) in [6.45, 7) is 14.6. The van der Waals surface area contributed by atoms with Crippen LogP contribution in [0, 0.1) is 13.8 Å². The highest BCUT2D eigenvalue weighted by Gasteiger charge is 1.96. The number of benzene rings is 1. The zero-order valence-corrected chi connectivity index (χ0v) is 12.4. The van der Waals surface area contributed by atoms with Gasteiger partial charge in [0.1, 0.15) is 0 Å². The Morgan fingerprint density at radius 1 is 0.941 bits per heavy atom. The summed E-state index contributed by atoms with van der Waals surface area (Å²) in [5.41, 5.74) is 4.33. The second kappa shape index (κ2) is 15.2. The standard InChI is InChI=1S/C12H18.2C2H6.CH4/c1-4-5-6-12-8-7-10(2)9-11(12)3;2*1-2;/h7-9H,4-6H2,1-3H3;2*1-2H3;1H4. The van der Waals surface area contributed by atoms with Gasteiger partial charge in [-0.15, -0.1) is 0 Å². The Labute approximate surface area is 110 Å². The Morgan fingerprint density at radius 3 is 1.88 bits per heavy atom. The summed E-state index contributed by atoms with van der Waals surface area (Å²) in [5.74, 6) is 0. The molecule has 0 aliphatic heterocycles. The van der Waals surface area contributed by atoms with Crippen LogP contribution < -0.4 is 0 Å². The van der Waals surface area contributed by atoms with Crippen LogP contribution in [-0.4, -0.2) is 0 Å². The van der Waals surface area contributed by atoms with Gasteiger partial charge < -0.3 is 0 Å². The normalized spacial score (nSPS) is 7.94. The predicted molar refractivity (Wildman–Crippen MR) is 84.0 cm³/mol. The van der Waals surface area contributed by atoms with Crippen molar-refractivity contribution in [2.24, 2.45) is 0 Å². The molecule has 1 rings (SSSR count). The van der Waals surface area contributed by atoms with Crippen molar-refractivity contribution < 1.29 is 0 Å². The topological polar surface area (TPSA) is 0 Å². The molecule has 1 aromatic carbocycles. The molecule has 17 heavy (non-hydrogen) atoms. The van der Waals surface area contributed by atoms with E-state index in [1.54, 1.807) is 0 Å². The lowest BCUT2D eigenvalue weighted by molar-refractivity contribution is 0.791. The minimum absolute atomic E-state index is 0. The molecular weight excluding hydrogens is 204 g/mol. The maximum absolute atomic E-state index is 2.27. The van der Waals surface area contributed by atoms with Gasteiger partial charge in [-0.3, -0.25) is 0 Å². The number of rotatable bonds is 3. The SMILES string of the molecule is C.CC.CC.CCCCc1ccc(C)cc1C. The first kappa shape index (κ1) is 21.5. The van der Waals surface area contributed by atoms with E-state index in [9.17, 15) is 0 Å². The molecule has 0 spiro atoms. The van der Waals surface area contributed by atoms with Crippen LogP contribution in [-0.2, 0) is 6.42 Å². The van der Waals surface area contributed by atoms with E-state index >= 15 is 0 Å². The summed E-state index contributed by atoms with van der Waals surface area (Å²) in [4.78, 5) is 0. The van der Waals surface area contributed by atoms with Gasteiger partial charge in [0.2, 0.25) is 0 Å². The number of hydrogen-bond donors (Lipinski definition) is 0. The van der Waals surface area contributed by atoms with Crippen LogP contribution in [0.4, 0.5) is 0 Å².